The number of nitrogens with one attached hydrogen (secondary N) is 2. The molecule has 4 aromatic rings. The van der Waals surface area contributed by atoms with Crippen LogP contribution in [0.4, 0.5) is 4.79 Å². The molecular weight excluding hydrogens is 607 g/mol. The molecule has 2 saturated heterocycles. The second-order valence-electron chi connectivity index (χ2n) is 15.1. The third-order valence-electron chi connectivity index (χ3n) is 11.8. The molecule has 48 heavy (non-hydrogen) atoms. The molecule has 3 aromatic carbocycles. The molecule has 11 heteroatoms. The van der Waals surface area contributed by atoms with E-state index in [0.717, 1.165) is 74.8 Å². The summed E-state index contributed by atoms with van der Waals surface area (Å²) in [7, 11) is 3.03. The number of hydrogen-bond acceptors (Lipinski definition) is 7. The minimum Gasteiger partial charge on any atom is -0.488 e. The maximum Gasteiger partial charge on any atom is 0.407 e. The van der Waals surface area contributed by atoms with Crippen LogP contribution < -0.4 is 15.5 Å². The van der Waals surface area contributed by atoms with Crippen LogP contribution in [0, 0.1) is 17.8 Å². The minimum atomic E-state index is -1.00. The Hall–Kier alpha value is -4.09. The number of nitrogens with zero attached hydrogens (tertiary/aromatic N) is 2. The van der Waals surface area contributed by atoms with Gasteiger partial charge in [0.05, 0.1) is 35.4 Å². The lowest BCUT2D eigenvalue weighted by atomic mass is 9.78. The number of aliphatic hydroxyl groups is 1. The highest BCUT2D eigenvalue weighted by molar-refractivity contribution is 6.47. The molecule has 1 aliphatic carbocycles. The maximum absolute atomic E-state index is 14.0. The lowest BCUT2D eigenvalue weighted by Gasteiger charge is -2.45. The van der Waals surface area contributed by atoms with Crippen LogP contribution in [-0.4, -0.2) is 69.9 Å². The summed E-state index contributed by atoms with van der Waals surface area (Å²) in [6.07, 6.45) is 2.41. The molecule has 1 aromatic heterocycles. The number of H-pyrrole nitrogens is 1. The van der Waals surface area contributed by atoms with Crippen LogP contribution in [0.2, 0.25) is 0 Å². The third kappa shape index (κ3) is 4.80. The van der Waals surface area contributed by atoms with Gasteiger partial charge in [0.2, 0.25) is 5.91 Å². The first kappa shape index (κ1) is 31.2. The van der Waals surface area contributed by atoms with Gasteiger partial charge in [0.1, 0.15) is 24.2 Å². The van der Waals surface area contributed by atoms with Crippen LogP contribution in [0.5, 0.6) is 5.75 Å². The Labute approximate surface area is 280 Å². The quantitative estimate of drug-likeness (QED) is 0.248. The molecule has 10 nitrogen and oxygen atoms in total. The molecule has 1 saturated carbocycles. The van der Waals surface area contributed by atoms with E-state index in [1.54, 1.807) is 21.3 Å². The number of amides is 2. The Bertz CT molecular complexity index is 1970. The normalized spacial score (nSPS) is 26.2. The summed E-state index contributed by atoms with van der Waals surface area (Å²) in [6, 6.07) is 14.0. The van der Waals surface area contributed by atoms with Crippen LogP contribution in [0.15, 0.2) is 42.5 Å². The van der Waals surface area contributed by atoms with E-state index in [4.69, 9.17) is 19.1 Å². The SMILES string of the molecule is COC(=O)N[C@@H]1C(=O)N2C(c3nc4c(ccc5cc6c(cc54)OCc4cc([B]OC(C)(C)C(C)(C)O)ccc4-6)[nH]3)C[C@@H]3CCC(C1C)[C@@H]32. The van der Waals surface area contributed by atoms with Crippen molar-refractivity contribution in [1.82, 2.24) is 20.2 Å². The van der Waals surface area contributed by atoms with Crippen molar-refractivity contribution >= 4 is 46.8 Å². The Morgan fingerprint density at radius 1 is 1.12 bits per heavy atom. The van der Waals surface area contributed by atoms with Crippen LogP contribution >= 0.6 is 0 Å². The van der Waals surface area contributed by atoms with Crippen molar-refractivity contribution < 1.29 is 28.8 Å². The summed E-state index contributed by atoms with van der Waals surface area (Å²) >= 11 is 0. The fourth-order valence-corrected chi connectivity index (χ4v) is 8.44. The van der Waals surface area contributed by atoms with Crippen molar-refractivity contribution in [2.75, 3.05) is 7.11 Å². The Morgan fingerprint density at radius 3 is 2.71 bits per heavy atom. The highest BCUT2D eigenvalue weighted by atomic mass is 16.5. The number of piperidine rings is 1. The maximum atomic E-state index is 14.0. The fourth-order valence-electron chi connectivity index (χ4n) is 8.44. The molecule has 4 aliphatic rings. The van der Waals surface area contributed by atoms with E-state index in [1.165, 1.54) is 7.11 Å². The molecular formula is C37H42BN4O6. The van der Waals surface area contributed by atoms with E-state index in [1.807, 2.05) is 24.8 Å². The average molecular weight is 650 g/mol. The first-order chi connectivity index (χ1) is 22.8. The summed E-state index contributed by atoms with van der Waals surface area (Å²) in [5.74, 6) is 2.34. The van der Waals surface area contributed by atoms with Gasteiger partial charge in [0.15, 0.2) is 0 Å². The van der Waals surface area contributed by atoms with Crippen LogP contribution in [0.1, 0.15) is 71.3 Å². The number of ether oxygens (including phenoxy) is 2. The number of benzene rings is 3. The van der Waals surface area contributed by atoms with Crippen LogP contribution in [0.3, 0.4) is 0 Å². The van der Waals surface area contributed by atoms with Gasteiger partial charge in [-0.25, -0.2) is 9.78 Å². The van der Waals surface area contributed by atoms with Gasteiger partial charge in [-0.05, 0) is 99.4 Å². The van der Waals surface area contributed by atoms with E-state index in [9.17, 15) is 14.7 Å². The molecule has 6 atom stereocenters. The average Bonchev–Trinajstić information content (AvgIpc) is 3.77. The Kier molecular flexibility index (Phi) is 7.13. The molecule has 3 aliphatic heterocycles. The Morgan fingerprint density at radius 2 is 1.94 bits per heavy atom. The number of imidazole rings is 1. The van der Waals surface area contributed by atoms with Gasteiger partial charge >= 0.3 is 13.6 Å². The summed E-state index contributed by atoms with van der Waals surface area (Å²) in [5.41, 5.74) is 4.11. The van der Waals surface area contributed by atoms with Gasteiger partial charge in [-0.15, -0.1) is 0 Å². The molecule has 0 spiro atoms. The van der Waals surface area contributed by atoms with Crippen molar-refractivity contribution in [3.8, 4) is 16.9 Å². The largest absolute Gasteiger partial charge is 0.488 e. The van der Waals surface area contributed by atoms with E-state index in [2.05, 4.69) is 53.6 Å². The predicted octanol–water partition coefficient (Wildman–Crippen LogP) is 5.13. The van der Waals surface area contributed by atoms with Crippen LogP contribution in [0.25, 0.3) is 32.9 Å². The first-order valence-corrected chi connectivity index (χ1v) is 17.0. The molecule has 3 fully saturated rings. The van der Waals surface area contributed by atoms with Gasteiger partial charge in [-0.1, -0.05) is 36.7 Å². The van der Waals surface area contributed by atoms with Gasteiger partial charge < -0.3 is 34.4 Å². The lowest BCUT2D eigenvalue weighted by Crippen LogP contribution is -2.61. The topological polar surface area (TPSA) is 126 Å². The summed E-state index contributed by atoms with van der Waals surface area (Å²) in [6.45, 7) is 9.73. The number of carbonyl (C=O) groups excluding carboxylic acids is 2. The molecule has 8 rings (SSSR count). The smallest absolute Gasteiger partial charge is 0.407 e. The predicted molar refractivity (Wildman–Crippen MR) is 183 cm³/mol. The first-order valence-electron chi connectivity index (χ1n) is 17.0. The molecule has 2 amide bonds. The van der Waals surface area contributed by atoms with E-state index in [-0.39, 0.29) is 23.9 Å². The zero-order chi connectivity index (χ0) is 33.7. The summed E-state index contributed by atoms with van der Waals surface area (Å²) in [5, 5.41) is 15.3. The molecule has 249 valence electrons. The lowest BCUT2D eigenvalue weighted by molar-refractivity contribution is -0.145. The third-order valence-corrected chi connectivity index (χ3v) is 11.8. The number of aromatic amines is 1. The summed E-state index contributed by atoms with van der Waals surface area (Å²) in [4.78, 5) is 36.9. The number of fused-ring (bicyclic) bond motifs is 6. The molecule has 3 N–H and O–H groups in total. The molecule has 0 bridgehead atoms. The molecule has 4 heterocycles. The fraction of sp³-hybridized carbons (Fsp3) is 0.486. The standard InChI is InChI=1S/C37H42BN4O6/c1-18-23-10-7-20-15-28(42(32(20)23)34(43)30(18)41-35(44)46-6)33-39-27-12-8-19-14-26-24-11-9-22(38-48-37(4,5)36(2,3)45)13-21(24)17-47-29(26)16-25(19)31(27)40-33/h8-9,11-14,16,18,20,23,28,30,32,45H,7,10,15,17H2,1-6H3,(H,39,40)(H,41,44)/t18?,20-,23?,28?,30-,32+/m0/s1. The van der Waals surface area contributed by atoms with E-state index in [0.29, 0.717) is 18.4 Å². The van der Waals surface area contributed by atoms with Gasteiger partial charge in [0.25, 0.3) is 0 Å². The van der Waals surface area contributed by atoms with Crippen molar-refractivity contribution in [3.63, 3.8) is 0 Å². The number of hydrogen-bond donors (Lipinski definition) is 3. The van der Waals surface area contributed by atoms with Crippen molar-refractivity contribution in [2.24, 2.45) is 17.8 Å². The Balaban J connectivity index is 1.10. The van der Waals surface area contributed by atoms with Crippen molar-refractivity contribution in [3.05, 3.63) is 53.9 Å². The highest BCUT2D eigenvalue weighted by Crippen LogP contribution is 2.55. The monoisotopic (exact) mass is 649 g/mol. The number of aromatic nitrogens is 2. The molecule has 1 radical (unpaired) electrons. The van der Waals surface area contributed by atoms with E-state index < -0.39 is 23.3 Å². The van der Waals surface area contributed by atoms with Crippen molar-refractivity contribution in [1.29, 1.82) is 0 Å². The second kappa shape index (κ2) is 11.0. The highest BCUT2D eigenvalue weighted by Gasteiger charge is 2.59. The van der Waals surface area contributed by atoms with Gasteiger partial charge in [0, 0.05) is 17.0 Å². The molecule has 3 unspecified atom stereocenters. The van der Waals surface area contributed by atoms with Gasteiger partial charge in [-0.2, -0.15) is 0 Å². The van der Waals surface area contributed by atoms with E-state index >= 15 is 0 Å². The number of carbonyl (C=O) groups is 2. The minimum absolute atomic E-state index is 0.0430. The number of alkyl carbamates (subject to hydrolysis) is 1. The summed E-state index contributed by atoms with van der Waals surface area (Å²) < 4.78 is 17.2. The van der Waals surface area contributed by atoms with Gasteiger partial charge in [-0.3, -0.25) is 4.79 Å². The zero-order valence-corrected chi connectivity index (χ0v) is 28.3. The number of methoxy groups -OCH3 is 1. The second-order valence-corrected chi connectivity index (χ2v) is 15.1. The van der Waals surface area contributed by atoms with Crippen molar-refractivity contribution in [2.45, 2.75) is 89.8 Å². The number of rotatable bonds is 6. The zero-order valence-electron chi connectivity index (χ0n) is 28.3. The van der Waals surface area contributed by atoms with Crippen LogP contribution in [-0.2, 0) is 20.8 Å².